The Morgan fingerprint density at radius 3 is 2.33 bits per heavy atom. The van der Waals surface area contributed by atoms with Crippen LogP contribution in [-0.4, -0.2) is 43.5 Å². The molecule has 2 saturated heterocycles. The van der Waals surface area contributed by atoms with E-state index in [4.69, 9.17) is 10.1 Å². The Labute approximate surface area is 148 Å². The molecule has 0 bridgehead atoms. The first-order chi connectivity index (χ1) is 11.9. The zero-order chi connectivity index (χ0) is 16.2. The lowest BCUT2D eigenvalue weighted by molar-refractivity contribution is -0.0445. The molecule has 0 aromatic heterocycles. The molecule has 2 fully saturated rings. The molecule has 125 valence electrons. The average molecular weight is 339 g/mol. The Balaban J connectivity index is 1.83. The van der Waals surface area contributed by atoms with Gasteiger partial charge in [-0.2, -0.15) is 0 Å². The topological polar surface area (TPSA) is 26.6 Å². The predicted octanol–water partition coefficient (Wildman–Crippen LogP) is 3.26. The van der Waals surface area contributed by atoms with Crippen molar-refractivity contribution in [1.29, 1.82) is 0 Å². The highest BCUT2D eigenvalue weighted by Gasteiger charge is 2.49. The van der Waals surface area contributed by atoms with E-state index in [-0.39, 0.29) is 5.66 Å². The third-order valence-electron chi connectivity index (χ3n) is 4.89. The van der Waals surface area contributed by atoms with Gasteiger partial charge in [-0.15, -0.1) is 11.8 Å². The quantitative estimate of drug-likeness (QED) is 0.859. The molecule has 3 nitrogen and oxygen atoms in total. The summed E-state index contributed by atoms with van der Waals surface area (Å²) in [6.45, 7) is 4.34. The minimum Gasteiger partial charge on any atom is -0.379 e. The van der Waals surface area contributed by atoms with E-state index in [0.717, 1.165) is 38.6 Å². The van der Waals surface area contributed by atoms with Gasteiger partial charge in [-0.25, -0.2) is 5.32 Å². The highest BCUT2D eigenvalue weighted by Crippen LogP contribution is 2.49. The van der Waals surface area contributed by atoms with Crippen molar-refractivity contribution in [2.24, 2.45) is 0 Å². The molecule has 2 atom stereocenters. The number of hydrogen-bond donors (Lipinski definition) is 0. The molecule has 0 aliphatic carbocycles. The molecule has 2 aromatic carbocycles. The number of nitrogens with zero attached hydrogens (tertiary/aromatic N) is 2. The summed E-state index contributed by atoms with van der Waals surface area (Å²) in [5.41, 5.74) is 2.37. The molecule has 0 saturated carbocycles. The minimum absolute atomic E-state index is 0.296. The maximum atomic E-state index is 5.62. The van der Waals surface area contributed by atoms with E-state index in [2.05, 4.69) is 65.6 Å². The Morgan fingerprint density at radius 1 is 0.958 bits per heavy atom. The van der Waals surface area contributed by atoms with E-state index in [9.17, 15) is 0 Å². The molecule has 2 aliphatic heterocycles. The van der Waals surface area contributed by atoms with E-state index in [1.165, 1.54) is 11.1 Å². The first kappa shape index (κ1) is 16.2. The Hall–Kier alpha value is -1.33. The van der Waals surface area contributed by atoms with E-state index in [1.807, 2.05) is 11.8 Å². The van der Waals surface area contributed by atoms with Crippen LogP contribution in [0.25, 0.3) is 0 Å². The number of thioether (sulfide) groups is 1. The van der Waals surface area contributed by atoms with Gasteiger partial charge < -0.3 is 4.74 Å². The van der Waals surface area contributed by atoms with E-state index in [1.54, 1.807) is 0 Å². The fraction of sp³-hybridized carbons (Fsp3) is 0.400. The van der Waals surface area contributed by atoms with E-state index >= 15 is 0 Å². The van der Waals surface area contributed by atoms with Gasteiger partial charge in [0.25, 0.3) is 0 Å². The standard InChI is InChI=1S/C20H23N2OS/c1-3-7-17(8-4-1)19-20(21-11-16-24-19,18-9-5-2-6-10-18)22-12-14-23-15-13-22/h1-10,19H,11-16H2. The molecular weight excluding hydrogens is 316 g/mol. The summed E-state index contributed by atoms with van der Waals surface area (Å²) in [6.07, 6.45) is 0. The van der Waals surface area contributed by atoms with Crippen molar-refractivity contribution in [3.05, 3.63) is 71.8 Å². The molecule has 2 unspecified atom stereocenters. The number of benzene rings is 2. The second kappa shape index (κ2) is 7.28. The molecule has 0 spiro atoms. The van der Waals surface area contributed by atoms with Crippen molar-refractivity contribution in [1.82, 2.24) is 10.2 Å². The first-order valence-corrected chi connectivity index (χ1v) is 9.70. The van der Waals surface area contributed by atoms with Crippen LogP contribution in [0.1, 0.15) is 16.4 Å². The van der Waals surface area contributed by atoms with Crippen LogP contribution in [0.5, 0.6) is 0 Å². The normalized spacial score (nSPS) is 28.6. The van der Waals surface area contributed by atoms with Crippen LogP contribution in [0.3, 0.4) is 0 Å². The van der Waals surface area contributed by atoms with E-state index in [0.29, 0.717) is 5.25 Å². The average Bonchev–Trinajstić information content (AvgIpc) is 2.70. The highest BCUT2D eigenvalue weighted by atomic mass is 32.2. The van der Waals surface area contributed by atoms with Gasteiger partial charge in [0.1, 0.15) is 5.66 Å². The third kappa shape index (κ3) is 2.88. The maximum absolute atomic E-state index is 5.62. The van der Waals surface area contributed by atoms with Gasteiger partial charge in [0.15, 0.2) is 0 Å². The van der Waals surface area contributed by atoms with Gasteiger partial charge in [-0.3, -0.25) is 4.90 Å². The van der Waals surface area contributed by atoms with Gasteiger partial charge in [0, 0.05) is 25.4 Å². The fourth-order valence-corrected chi connectivity index (χ4v) is 5.20. The van der Waals surface area contributed by atoms with Crippen molar-refractivity contribution < 1.29 is 4.74 Å². The van der Waals surface area contributed by atoms with Gasteiger partial charge in [-0.1, -0.05) is 60.7 Å². The molecule has 4 heteroatoms. The summed E-state index contributed by atoms with van der Waals surface area (Å²) in [5, 5.41) is 5.58. The summed E-state index contributed by atoms with van der Waals surface area (Å²) >= 11 is 2.04. The Bertz CT molecular complexity index is 645. The molecule has 4 rings (SSSR count). The molecule has 2 aliphatic rings. The van der Waals surface area contributed by atoms with Crippen LogP contribution in [0.2, 0.25) is 0 Å². The SMILES string of the molecule is c1ccc(C2SCC[N]C2(c2ccccc2)N2CCOCC2)cc1. The third-order valence-corrected chi connectivity index (χ3v) is 6.24. The zero-order valence-corrected chi connectivity index (χ0v) is 14.6. The van der Waals surface area contributed by atoms with Crippen LogP contribution in [0, 0.1) is 0 Å². The fourth-order valence-electron chi connectivity index (χ4n) is 3.82. The van der Waals surface area contributed by atoms with Crippen LogP contribution in [-0.2, 0) is 10.4 Å². The predicted molar refractivity (Wildman–Crippen MR) is 99.2 cm³/mol. The van der Waals surface area contributed by atoms with Crippen LogP contribution < -0.4 is 5.32 Å². The summed E-state index contributed by atoms with van der Waals surface area (Å²) in [6, 6.07) is 21.7. The zero-order valence-electron chi connectivity index (χ0n) is 13.8. The summed E-state index contributed by atoms with van der Waals surface area (Å²) in [4.78, 5) is 2.54. The molecule has 0 N–H and O–H groups in total. The number of ether oxygens (including phenoxy) is 1. The van der Waals surface area contributed by atoms with Gasteiger partial charge in [0.05, 0.1) is 18.5 Å². The molecule has 2 heterocycles. The number of morpholine rings is 1. The van der Waals surface area contributed by atoms with Gasteiger partial charge in [0.2, 0.25) is 0 Å². The minimum atomic E-state index is -0.296. The smallest absolute Gasteiger partial charge is 0.129 e. The largest absolute Gasteiger partial charge is 0.379 e. The molecular formula is C20H23N2OS. The number of rotatable bonds is 3. The molecule has 2 aromatic rings. The van der Waals surface area contributed by atoms with E-state index < -0.39 is 0 Å². The van der Waals surface area contributed by atoms with Crippen LogP contribution in [0.4, 0.5) is 0 Å². The Kier molecular flexibility index (Phi) is 4.90. The van der Waals surface area contributed by atoms with Crippen LogP contribution >= 0.6 is 11.8 Å². The summed E-state index contributed by atoms with van der Waals surface area (Å²) < 4.78 is 5.62. The summed E-state index contributed by atoms with van der Waals surface area (Å²) in [7, 11) is 0. The van der Waals surface area contributed by atoms with Gasteiger partial charge >= 0.3 is 0 Å². The summed E-state index contributed by atoms with van der Waals surface area (Å²) in [5.74, 6) is 1.08. The lowest BCUT2D eigenvalue weighted by Crippen LogP contribution is -2.60. The molecule has 1 radical (unpaired) electrons. The lowest BCUT2D eigenvalue weighted by Gasteiger charge is -2.51. The monoisotopic (exact) mass is 339 g/mol. The first-order valence-electron chi connectivity index (χ1n) is 8.65. The molecule has 0 amide bonds. The van der Waals surface area contributed by atoms with Crippen molar-refractivity contribution in [2.45, 2.75) is 10.9 Å². The van der Waals surface area contributed by atoms with Crippen molar-refractivity contribution >= 4 is 11.8 Å². The van der Waals surface area contributed by atoms with Crippen LogP contribution in [0.15, 0.2) is 60.7 Å². The number of hydrogen-bond acceptors (Lipinski definition) is 3. The highest BCUT2D eigenvalue weighted by molar-refractivity contribution is 7.99. The lowest BCUT2D eigenvalue weighted by atomic mass is 9.88. The second-order valence-electron chi connectivity index (χ2n) is 6.23. The maximum Gasteiger partial charge on any atom is 0.129 e. The van der Waals surface area contributed by atoms with Crippen molar-refractivity contribution in [2.75, 3.05) is 38.6 Å². The Morgan fingerprint density at radius 2 is 1.62 bits per heavy atom. The molecule has 24 heavy (non-hydrogen) atoms. The van der Waals surface area contributed by atoms with Gasteiger partial charge in [-0.05, 0) is 11.1 Å². The van der Waals surface area contributed by atoms with Crippen molar-refractivity contribution in [3.63, 3.8) is 0 Å². The second-order valence-corrected chi connectivity index (χ2v) is 7.45. The van der Waals surface area contributed by atoms with Crippen molar-refractivity contribution in [3.8, 4) is 0 Å².